The minimum absolute atomic E-state index is 0.199. The molecule has 1 aromatic carbocycles. The fraction of sp³-hybridized carbons (Fsp3) is 0.0526. The van der Waals surface area contributed by atoms with Gasteiger partial charge in [-0.3, -0.25) is 9.78 Å². The van der Waals surface area contributed by atoms with Crippen molar-refractivity contribution in [3.63, 3.8) is 0 Å². The highest BCUT2D eigenvalue weighted by Gasteiger charge is 2.22. The highest BCUT2D eigenvalue weighted by Crippen LogP contribution is 2.25. The minimum atomic E-state index is -0.356. The van der Waals surface area contributed by atoms with Gasteiger partial charge in [0.15, 0.2) is 5.69 Å². The van der Waals surface area contributed by atoms with Gasteiger partial charge >= 0.3 is 0 Å². The van der Waals surface area contributed by atoms with Crippen LogP contribution < -0.4 is 5.32 Å². The van der Waals surface area contributed by atoms with E-state index in [1.54, 1.807) is 65.8 Å². The van der Waals surface area contributed by atoms with Gasteiger partial charge in [0.2, 0.25) is 0 Å². The van der Waals surface area contributed by atoms with Crippen molar-refractivity contribution in [2.75, 3.05) is 0 Å². The van der Waals surface area contributed by atoms with E-state index in [4.69, 9.17) is 16.0 Å². The minimum Gasteiger partial charge on any atom is -0.467 e. The van der Waals surface area contributed by atoms with Crippen molar-refractivity contribution in [2.45, 2.75) is 6.54 Å². The third-order valence-electron chi connectivity index (χ3n) is 3.89. The highest BCUT2D eigenvalue weighted by molar-refractivity contribution is 6.30. The van der Waals surface area contributed by atoms with Crippen LogP contribution in [0, 0.1) is 0 Å². The molecule has 0 bridgehead atoms. The number of pyridine rings is 1. The van der Waals surface area contributed by atoms with Gasteiger partial charge in [-0.1, -0.05) is 16.8 Å². The van der Waals surface area contributed by atoms with Crippen LogP contribution in [-0.4, -0.2) is 25.9 Å². The Balaban J connectivity index is 1.73. The fourth-order valence-corrected chi connectivity index (χ4v) is 2.75. The number of halogens is 1. The lowest BCUT2D eigenvalue weighted by molar-refractivity contribution is 0.0943. The zero-order valence-corrected chi connectivity index (χ0v) is 14.8. The number of amides is 1. The summed E-state index contributed by atoms with van der Waals surface area (Å²) in [5, 5.41) is 11.7. The number of benzene rings is 1. The van der Waals surface area contributed by atoms with E-state index in [0.717, 1.165) is 11.3 Å². The summed E-state index contributed by atoms with van der Waals surface area (Å²) in [6, 6.07) is 14.3. The lowest BCUT2D eigenvalue weighted by Crippen LogP contribution is -2.23. The predicted octanol–water partition coefficient (Wildman–Crippen LogP) is 3.51. The zero-order chi connectivity index (χ0) is 18.6. The summed E-state index contributed by atoms with van der Waals surface area (Å²) in [6.07, 6.45) is 4.88. The third-order valence-corrected chi connectivity index (χ3v) is 4.15. The maximum Gasteiger partial charge on any atom is 0.274 e. The molecule has 1 amide bonds. The molecule has 0 aliphatic carbocycles. The molecule has 0 radical (unpaired) electrons. The first-order valence-corrected chi connectivity index (χ1v) is 8.53. The van der Waals surface area contributed by atoms with Crippen molar-refractivity contribution in [3.8, 4) is 16.9 Å². The summed E-state index contributed by atoms with van der Waals surface area (Å²) in [4.78, 5) is 16.9. The van der Waals surface area contributed by atoms with Gasteiger partial charge in [-0.25, -0.2) is 4.68 Å². The van der Waals surface area contributed by atoms with Crippen molar-refractivity contribution in [1.82, 2.24) is 25.3 Å². The van der Waals surface area contributed by atoms with E-state index in [2.05, 4.69) is 20.6 Å². The smallest absolute Gasteiger partial charge is 0.274 e. The SMILES string of the molecule is O=C(NCc1ccco1)c1nnn(-c2ccc(Cl)cc2)c1-c1cccnc1. The van der Waals surface area contributed by atoms with Gasteiger partial charge in [0, 0.05) is 23.0 Å². The van der Waals surface area contributed by atoms with Crippen molar-refractivity contribution in [1.29, 1.82) is 0 Å². The number of nitrogens with one attached hydrogen (secondary N) is 1. The van der Waals surface area contributed by atoms with Crippen molar-refractivity contribution >= 4 is 17.5 Å². The van der Waals surface area contributed by atoms with E-state index in [-0.39, 0.29) is 18.1 Å². The van der Waals surface area contributed by atoms with Crippen molar-refractivity contribution < 1.29 is 9.21 Å². The fourth-order valence-electron chi connectivity index (χ4n) is 2.62. The maximum absolute atomic E-state index is 12.7. The van der Waals surface area contributed by atoms with Gasteiger partial charge in [-0.15, -0.1) is 5.10 Å². The molecule has 3 aromatic heterocycles. The number of rotatable bonds is 5. The molecule has 3 heterocycles. The van der Waals surface area contributed by atoms with E-state index in [1.807, 2.05) is 6.07 Å². The Morgan fingerprint density at radius 2 is 2.00 bits per heavy atom. The maximum atomic E-state index is 12.7. The Hall–Kier alpha value is -3.45. The summed E-state index contributed by atoms with van der Waals surface area (Å²) in [6.45, 7) is 0.256. The molecule has 0 aliphatic rings. The normalized spacial score (nSPS) is 10.7. The zero-order valence-electron chi connectivity index (χ0n) is 14.0. The second kappa shape index (κ2) is 7.43. The van der Waals surface area contributed by atoms with Crippen LogP contribution >= 0.6 is 11.6 Å². The molecule has 1 N–H and O–H groups in total. The van der Waals surface area contributed by atoms with Crippen LogP contribution in [0.2, 0.25) is 5.02 Å². The van der Waals surface area contributed by atoms with Crippen LogP contribution in [0.3, 0.4) is 0 Å². The Bertz CT molecular complexity index is 1040. The first kappa shape index (κ1) is 17.0. The molecule has 7 nitrogen and oxygen atoms in total. The van der Waals surface area contributed by atoms with Gasteiger partial charge in [-0.2, -0.15) is 0 Å². The van der Waals surface area contributed by atoms with E-state index < -0.39 is 0 Å². The molecule has 8 heteroatoms. The van der Waals surface area contributed by atoms with Gasteiger partial charge in [-0.05, 0) is 48.5 Å². The van der Waals surface area contributed by atoms with Crippen LogP contribution in [-0.2, 0) is 6.54 Å². The number of aromatic nitrogens is 4. The number of hydrogen-bond acceptors (Lipinski definition) is 5. The second-order valence-electron chi connectivity index (χ2n) is 5.68. The topological polar surface area (TPSA) is 85.8 Å². The van der Waals surface area contributed by atoms with Crippen LogP contribution in [0.15, 0.2) is 71.6 Å². The van der Waals surface area contributed by atoms with E-state index >= 15 is 0 Å². The summed E-state index contributed by atoms with van der Waals surface area (Å²) in [7, 11) is 0. The summed E-state index contributed by atoms with van der Waals surface area (Å²) >= 11 is 5.97. The molecule has 4 rings (SSSR count). The number of carbonyl (C=O) groups excluding carboxylic acids is 1. The van der Waals surface area contributed by atoms with Gasteiger partial charge in [0.25, 0.3) is 5.91 Å². The van der Waals surface area contributed by atoms with E-state index in [1.165, 1.54) is 0 Å². The molecule has 134 valence electrons. The molecule has 0 atom stereocenters. The van der Waals surface area contributed by atoms with Crippen LogP contribution in [0.25, 0.3) is 16.9 Å². The summed E-state index contributed by atoms with van der Waals surface area (Å²) in [5.41, 5.74) is 2.20. The van der Waals surface area contributed by atoms with Gasteiger partial charge < -0.3 is 9.73 Å². The van der Waals surface area contributed by atoms with E-state index in [0.29, 0.717) is 16.5 Å². The summed E-state index contributed by atoms with van der Waals surface area (Å²) in [5.74, 6) is 0.293. The molecule has 27 heavy (non-hydrogen) atoms. The Labute approximate surface area is 159 Å². The molecular formula is C19H14ClN5O2. The standard InChI is InChI=1S/C19H14ClN5O2/c20-14-5-7-15(8-6-14)25-18(13-3-1-9-21-11-13)17(23-24-25)19(26)22-12-16-4-2-10-27-16/h1-11H,12H2,(H,22,26). The van der Waals surface area contributed by atoms with E-state index in [9.17, 15) is 4.79 Å². The van der Waals surface area contributed by atoms with Crippen LogP contribution in [0.5, 0.6) is 0 Å². The quantitative estimate of drug-likeness (QED) is 0.573. The van der Waals surface area contributed by atoms with Crippen molar-refractivity contribution in [3.05, 3.63) is 83.7 Å². The third kappa shape index (κ3) is 3.58. The van der Waals surface area contributed by atoms with Gasteiger partial charge in [0.1, 0.15) is 11.5 Å². The second-order valence-corrected chi connectivity index (χ2v) is 6.12. The number of hydrogen-bond donors (Lipinski definition) is 1. The molecule has 4 aromatic rings. The molecule has 0 spiro atoms. The van der Waals surface area contributed by atoms with Crippen LogP contribution in [0.4, 0.5) is 0 Å². The molecular weight excluding hydrogens is 366 g/mol. The number of nitrogens with zero attached hydrogens (tertiary/aromatic N) is 4. The average Bonchev–Trinajstić information content (AvgIpc) is 3.37. The first-order chi connectivity index (χ1) is 13.2. The number of furan rings is 1. The molecule has 0 unspecified atom stereocenters. The predicted molar refractivity (Wildman–Crippen MR) is 99.5 cm³/mol. The van der Waals surface area contributed by atoms with Crippen LogP contribution in [0.1, 0.15) is 16.2 Å². The molecule has 0 saturated heterocycles. The summed E-state index contributed by atoms with van der Waals surface area (Å²) < 4.78 is 6.83. The van der Waals surface area contributed by atoms with Crippen molar-refractivity contribution in [2.24, 2.45) is 0 Å². The Morgan fingerprint density at radius 3 is 2.70 bits per heavy atom. The lowest BCUT2D eigenvalue weighted by atomic mass is 10.1. The molecule has 0 saturated carbocycles. The average molecular weight is 380 g/mol. The largest absolute Gasteiger partial charge is 0.467 e. The molecule has 0 aliphatic heterocycles. The Kier molecular flexibility index (Phi) is 4.67. The Morgan fingerprint density at radius 1 is 1.15 bits per heavy atom. The monoisotopic (exact) mass is 379 g/mol. The number of carbonyl (C=O) groups is 1. The molecule has 0 fully saturated rings. The lowest BCUT2D eigenvalue weighted by Gasteiger charge is -2.08. The van der Waals surface area contributed by atoms with Gasteiger partial charge in [0.05, 0.1) is 18.5 Å². The first-order valence-electron chi connectivity index (χ1n) is 8.15. The highest BCUT2D eigenvalue weighted by atomic mass is 35.5.